The summed E-state index contributed by atoms with van der Waals surface area (Å²) in [6.45, 7) is 0. The minimum atomic E-state index is -4.54. The molecule has 0 spiro atoms. The van der Waals surface area contributed by atoms with Crippen molar-refractivity contribution in [3.63, 3.8) is 0 Å². The van der Waals surface area contributed by atoms with Gasteiger partial charge in [-0.1, -0.05) is 54.7 Å². The van der Waals surface area contributed by atoms with E-state index in [1.807, 2.05) is 0 Å². The van der Waals surface area contributed by atoms with Gasteiger partial charge in [-0.25, -0.2) is 4.98 Å². The molecule has 1 fully saturated rings. The molecule has 1 saturated heterocycles. The van der Waals surface area contributed by atoms with Crippen molar-refractivity contribution in [3.05, 3.63) is 111 Å². The number of pyridine rings is 1. The molecule has 3 heterocycles. The largest absolute Gasteiger partial charge is 0.439 e. The predicted molar refractivity (Wildman–Crippen MR) is 141 cm³/mol. The summed E-state index contributed by atoms with van der Waals surface area (Å²) in [5.41, 5.74) is -0.981. The molecule has 0 N–H and O–H groups in total. The van der Waals surface area contributed by atoms with Gasteiger partial charge in [0.1, 0.15) is 17.2 Å². The zero-order chi connectivity index (χ0) is 27.1. The summed E-state index contributed by atoms with van der Waals surface area (Å²) in [6, 6.07) is 17.5. The molecule has 4 aromatic rings. The average molecular weight is 575 g/mol. The molecule has 2 aromatic heterocycles. The summed E-state index contributed by atoms with van der Waals surface area (Å²) in [5.74, 6) is -2.16. The number of benzene rings is 2. The predicted octanol–water partition coefficient (Wildman–Crippen LogP) is 7.28. The van der Waals surface area contributed by atoms with Gasteiger partial charge < -0.3 is 4.74 Å². The highest BCUT2D eigenvalue weighted by Gasteiger charge is 2.53. The SMILES string of the molecule is O=C1CC(c2ccsc2)(c2cccc(Oc3cccc(C(F)(F)F)c3)n2)N(S)C(=O)C1c1ccccc1Cl. The highest BCUT2D eigenvalue weighted by molar-refractivity contribution is 7.78. The van der Waals surface area contributed by atoms with Gasteiger partial charge in [0, 0.05) is 17.5 Å². The number of carbonyl (C=O) groups excluding carboxylic acids is 2. The second kappa shape index (κ2) is 10.1. The Kier molecular flexibility index (Phi) is 6.97. The number of piperidine rings is 1. The van der Waals surface area contributed by atoms with Crippen LogP contribution in [-0.2, 0) is 21.3 Å². The topological polar surface area (TPSA) is 59.5 Å². The first-order valence-electron chi connectivity index (χ1n) is 11.3. The number of nitrogens with zero attached hydrogens (tertiary/aromatic N) is 2. The smallest absolute Gasteiger partial charge is 0.416 e. The number of thiophene rings is 1. The Morgan fingerprint density at radius 3 is 2.53 bits per heavy atom. The Morgan fingerprint density at radius 2 is 1.82 bits per heavy atom. The van der Waals surface area contributed by atoms with Crippen LogP contribution in [0.3, 0.4) is 0 Å². The van der Waals surface area contributed by atoms with E-state index in [0.29, 0.717) is 16.1 Å². The third-order valence-corrected chi connectivity index (χ3v) is 7.88. The molecule has 5 rings (SSSR count). The molecule has 2 atom stereocenters. The fourth-order valence-corrected chi connectivity index (χ4v) is 5.90. The van der Waals surface area contributed by atoms with E-state index in [2.05, 4.69) is 17.8 Å². The van der Waals surface area contributed by atoms with E-state index in [0.717, 1.165) is 12.1 Å². The molecule has 1 amide bonds. The summed E-state index contributed by atoms with van der Waals surface area (Å²) < 4.78 is 46.3. The fourth-order valence-electron chi connectivity index (χ4n) is 4.52. The van der Waals surface area contributed by atoms with Crippen LogP contribution in [0.25, 0.3) is 0 Å². The van der Waals surface area contributed by atoms with Crippen molar-refractivity contribution in [2.24, 2.45) is 0 Å². The van der Waals surface area contributed by atoms with Crippen LogP contribution in [0.1, 0.15) is 34.7 Å². The third kappa shape index (κ3) is 4.68. The second-order valence-electron chi connectivity index (χ2n) is 8.61. The van der Waals surface area contributed by atoms with Gasteiger partial charge >= 0.3 is 6.18 Å². The molecular formula is C27H18ClF3N2O3S2. The molecule has 0 bridgehead atoms. The number of ketones is 1. The van der Waals surface area contributed by atoms with Crippen LogP contribution >= 0.6 is 35.8 Å². The highest BCUT2D eigenvalue weighted by atomic mass is 35.5. The first-order chi connectivity index (χ1) is 18.1. The van der Waals surface area contributed by atoms with Gasteiger partial charge in [0.15, 0.2) is 5.78 Å². The number of aromatic nitrogens is 1. The van der Waals surface area contributed by atoms with Gasteiger partial charge in [-0.05, 0) is 58.3 Å². The van der Waals surface area contributed by atoms with Crippen molar-refractivity contribution in [3.8, 4) is 11.6 Å². The van der Waals surface area contributed by atoms with Gasteiger partial charge in [0.25, 0.3) is 0 Å². The fraction of sp³-hybridized carbons (Fsp3) is 0.148. The van der Waals surface area contributed by atoms with Crippen LogP contribution in [0.5, 0.6) is 11.6 Å². The van der Waals surface area contributed by atoms with E-state index in [4.69, 9.17) is 16.3 Å². The zero-order valence-electron chi connectivity index (χ0n) is 19.4. The minimum absolute atomic E-state index is 0.00807. The third-order valence-electron chi connectivity index (χ3n) is 6.32. The van der Waals surface area contributed by atoms with E-state index in [1.54, 1.807) is 53.2 Å². The molecule has 194 valence electrons. The van der Waals surface area contributed by atoms with E-state index in [-0.39, 0.29) is 29.5 Å². The number of thiol groups is 1. The first kappa shape index (κ1) is 26.3. The summed E-state index contributed by atoms with van der Waals surface area (Å²) in [5, 5.41) is 3.89. The quantitative estimate of drug-likeness (QED) is 0.201. The number of alkyl halides is 3. The maximum atomic E-state index is 13.7. The molecule has 0 saturated carbocycles. The second-order valence-corrected chi connectivity index (χ2v) is 10.2. The van der Waals surface area contributed by atoms with Crippen LogP contribution in [0.2, 0.25) is 5.02 Å². The molecule has 0 radical (unpaired) electrons. The first-order valence-corrected chi connectivity index (χ1v) is 13.0. The lowest BCUT2D eigenvalue weighted by atomic mass is 9.75. The molecule has 11 heteroatoms. The van der Waals surface area contributed by atoms with Crippen LogP contribution < -0.4 is 4.74 Å². The van der Waals surface area contributed by atoms with E-state index in [1.165, 1.54) is 33.8 Å². The van der Waals surface area contributed by atoms with Crippen LogP contribution in [0.4, 0.5) is 13.2 Å². The Labute approximate surface area is 230 Å². The molecule has 1 aliphatic heterocycles. The van der Waals surface area contributed by atoms with Crippen molar-refractivity contribution in [2.45, 2.75) is 24.1 Å². The lowest BCUT2D eigenvalue weighted by Crippen LogP contribution is -2.54. The van der Waals surface area contributed by atoms with Gasteiger partial charge in [-0.3, -0.25) is 13.9 Å². The molecule has 38 heavy (non-hydrogen) atoms. The molecular weight excluding hydrogens is 557 g/mol. The minimum Gasteiger partial charge on any atom is -0.439 e. The van der Waals surface area contributed by atoms with Crippen LogP contribution in [-0.4, -0.2) is 21.0 Å². The molecule has 1 aliphatic rings. The number of carbonyl (C=O) groups is 2. The van der Waals surface area contributed by atoms with Crippen molar-refractivity contribution in [2.75, 3.05) is 0 Å². The molecule has 0 aliphatic carbocycles. The Morgan fingerprint density at radius 1 is 1.05 bits per heavy atom. The summed E-state index contributed by atoms with van der Waals surface area (Å²) in [4.78, 5) is 31.8. The summed E-state index contributed by atoms with van der Waals surface area (Å²) >= 11 is 12.3. The van der Waals surface area contributed by atoms with Crippen LogP contribution in [0, 0.1) is 0 Å². The normalized spacial score (nSPS) is 20.0. The number of halogens is 4. The van der Waals surface area contributed by atoms with Gasteiger partial charge in [-0.15, -0.1) is 0 Å². The van der Waals surface area contributed by atoms with Crippen molar-refractivity contribution < 1.29 is 27.5 Å². The Balaban J connectivity index is 1.56. The number of hydrogen-bond donors (Lipinski definition) is 1. The van der Waals surface area contributed by atoms with Crippen LogP contribution in [0.15, 0.2) is 83.6 Å². The Hall–Kier alpha value is -3.34. The molecule has 5 nitrogen and oxygen atoms in total. The van der Waals surface area contributed by atoms with Gasteiger partial charge in [0.05, 0.1) is 11.3 Å². The average Bonchev–Trinajstić information content (AvgIpc) is 3.43. The lowest BCUT2D eigenvalue weighted by molar-refractivity contribution is -0.142. The monoisotopic (exact) mass is 574 g/mol. The number of Topliss-reactive ketones (excluding diaryl/α,β-unsaturated/α-hetero) is 1. The van der Waals surface area contributed by atoms with Crippen molar-refractivity contribution in [1.82, 2.24) is 9.29 Å². The maximum absolute atomic E-state index is 13.7. The van der Waals surface area contributed by atoms with E-state index < -0.39 is 29.1 Å². The number of ether oxygens (including phenoxy) is 1. The van der Waals surface area contributed by atoms with E-state index >= 15 is 0 Å². The molecule has 2 aromatic carbocycles. The lowest BCUT2D eigenvalue weighted by Gasteiger charge is -2.45. The summed E-state index contributed by atoms with van der Waals surface area (Å²) in [7, 11) is 0. The number of hydrogen-bond acceptors (Lipinski definition) is 6. The standard InChI is InChI=1S/C27H18ClF3N2O3S2/c28-20-8-2-1-7-19(20)24-21(34)14-26(33(37)25(24)35,17-11-12-38-15-17)22-9-4-10-23(32-22)36-18-6-3-5-16(13-18)27(29,30)31/h1-13,15,24,37H,14H2. The van der Waals surface area contributed by atoms with Gasteiger partial charge in [-0.2, -0.15) is 24.5 Å². The van der Waals surface area contributed by atoms with Gasteiger partial charge in [0.2, 0.25) is 11.8 Å². The summed E-state index contributed by atoms with van der Waals surface area (Å²) in [6.07, 6.45) is -4.69. The maximum Gasteiger partial charge on any atom is 0.416 e. The van der Waals surface area contributed by atoms with Crippen molar-refractivity contribution in [1.29, 1.82) is 0 Å². The molecule has 2 unspecified atom stereocenters. The zero-order valence-corrected chi connectivity index (χ0v) is 21.8. The van der Waals surface area contributed by atoms with Crippen molar-refractivity contribution >= 4 is 47.4 Å². The number of rotatable bonds is 5. The highest BCUT2D eigenvalue weighted by Crippen LogP contribution is 2.48. The Bertz CT molecular complexity index is 1510. The van der Waals surface area contributed by atoms with E-state index in [9.17, 15) is 22.8 Å². The number of amides is 1.